The summed E-state index contributed by atoms with van der Waals surface area (Å²) in [5, 5.41) is 12.6. The molecule has 4 heteroatoms. The molecule has 2 N–H and O–H groups in total. The maximum atomic E-state index is 11.9. The molecule has 0 fully saturated rings. The van der Waals surface area contributed by atoms with Crippen LogP contribution in [0.1, 0.15) is 16.7 Å². The summed E-state index contributed by atoms with van der Waals surface area (Å²) >= 11 is 0. The van der Waals surface area contributed by atoms with E-state index in [1.54, 1.807) is 0 Å². The Labute approximate surface area is 137 Å². The number of benzene rings is 2. The first-order valence-corrected chi connectivity index (χ1v) is 7.73. The van der Waals surface area contributed by atoms with Gasteiger partial charge in [0, 0.05) is 6.54 Å². The van der Waals surface area contributed by atoms with Crippen molar-refractivity contribution in [1.82, 2.24) is 5.32 Å². The van der Waals surface area contributed by atoms with E-state index in [9.17, 15) is 9.90 Å². The molecule has 0 aliphatic heterocycles. The minimum absolute atomic E-state index is 0.103. The van der Waals surface area contributed by atoms with Crippen LogP contribution in [0.25, 0.3) is 0 Å². The summed E-state index contributed by atoms with van der Waals surface area (Å²) in [6.07, 6.45) is -0.422. The number of aryl methyl sites for hydroxylation is 2. The smallest absolute Gasteiger partial charge is 0.224 e. The summed E-state index contributed by atoms with van der Waals surface area (Å²) in [6, 6.07) is 15.4. The number of ether oxygens (including phenoxy) is 1. The fourth-order valence-electron chi connectivity index (χ4n) is 2.23. The Morgan fingerprint density at radius 2 is 1.96 bits per heavy atom. The third-order valence-corrected chi connectivity index (χ3v) is 3.58. The predicted octanol–water partition coefficient (Wildman–Crippen LogP) is 2.40. The van der Waals surface area contributed by atoms with Crippen molar-refractivity contribution in [2.75, 3.05) is 13.2 Å². The number of rotatable bonds is 7. The van der Waals surface area contributed by atoms with E-state index in [0.29, 0.717) is 6.42 Å². The highest BCUT2D eigenvalue weighted by Crippen LogP contribution is 2.12. The van der Waals surface area contributed by atoms with E-state index in [2.05, 4.69) is 5.32 Å². The third kappa shape index (κ3) is 5.75. The first-order valence-electron chi connectivity index (χ1n) is 7.73. The molecule has 23 heavy (non-hydrogen) atoms. The quantitative estimate of drug-likeness (QED) is 0.825. The number of carbonyl (C=O) groups excluding carboxylic acids is 1. The van der Waals surface area contributed by atoms with E-state index in [-0.39, 0.29) is 19.1 Å². The summed E-state index contributed by atoms with van der Waals surface area (Å²) < 4.78 is 5.52. The predicted molar refractivity (Wildman–Crippen MR) is 90.6 cm³/mol. The third-order valence-electron chi connectivity index (χ3n) is 3.58. The molecule has 0 saturated heterocycles. The van der Waals surface area contributed by atoms with E-state index in [1.165, 1.54) is 0 Å². The first-order chi connectivity index (χ1) is 11.0. The SMILES string of the molecule is Cc1cccc(OC[C@@H](O)CNC(=O)Cc2ccccc2C)c1. The van der Waals surface area contributed by atoms with Crippen LogP contribution in [0.2, 0.25) is 0 Å². The van der Waals surface area contributed by atoms with Crippen LogP contribution in [-0.2, 0) is 11.2 Å². The van der Waals surface area contributed by atoms with Gasteiger partial charge in [-0.1, -0.05) is 36.4 Å². The molecular formula is C19H23NO3. The first kappa shape index (κ1) is 17.0. The average molecular weight is 313 g/mol. The van der Waals surface area contributed by atoms with Gasteiger partial charge in [-0.05, 0) is 42.7 Å². The molecule has 0 aliphatic carbocycles. The lowest BCUT2D eigenvalue weighted by Crippen LogP contribution is -2.36. The average Bonchev–Trinajstić information content (AvgIpc) is 2.53. The van der Waals surface area contributed by atoms with E-state index in [1.807, 2.05) is 62.4 Å². The zero-order valence-electron chi connectivity index (χ0n) is 13.6. The second-order valence-electron chi connectivity index (χ2n) is 5.69. The second kappa shape index (κ2) is 8.34. The van der Waals surface area contributed by atoms with Gasteiger partial charge in [0.15, 0.2) is 0 Å². The van der Waals surface area contributed by atoms with Gasteiger partial charge in [-0.15, -0.1) is 0 Å². The van der Waals surface area contributed by atoms with Crippen molar-refractivity contribution in [3.63, 3.8) is 0 Å². The van der Waals surface area contributed by atoms with E-state index < -0.39 is 6.10 Å². The van der Waals surface area contributed by atoms with E-state index >= 15 is 0 Å². The highest BCUT2D eigenvalue weighted by atomic mass is 16.5. The lowest BCUT2D eigenvalue weighted by atomic mass is 10.1. The lowest BCUT2D eigenvalue weighted by molar-refractivity contribution is -0.121. The molecule has 0 heterocycles. The number of hydrogen-bond acceptors (Lipinski definition) is 3. The Morgan fingerprint density at radius 3 is 2.70 bits per heavy atom. The second-order valence-corrected chi connectivity index (χ2v) is 5.69. The summed E-state index contributed by atoms with van der Waals surface area (Å²) in [4.78, 5) is 11.9. The molecule has 2 rings (SSSR count). The number of nitrogens with one attached hydrogen (secondary N) is 1. The molecule has 2 aromatic rings. The summed E-state index contributed by atoms with van der Waals surface area (Å²) in [6.45, 7) is 4.28. The molecule has 0 spiro atoms. The van der Waals surface area contributed by atoms with Crippen LogP contribution in [0.4, 0.5) is 0 Å². The van der Waals surface area contributed by atoms with Crippen molar-refractivity contribution in [3.8, 4) is 5.75 Å². The van der Waals surface area contributed by atoms with Crippen LogP contribution in [0.3, 0.4) is 0 Å². The Balaban J connectivity index is 1.72. The zero-order valence-corrected chi connectivity index (χ0v) is 13.6. The highest BCUT2D eigenvalue weighted by molar-refractivity contribution is 5.78. The van der Waals surface area contributed by atoms with Gasteiger partial charge in [0.25, 0.3) is 0 Å². The van der Waals surface area contributed by atoms with Gasteiger partial charge >= 0.3 is 0 Å². The van der Waals surface area contributed by atoms with Gasteiger partial charge in [0.2, 0.25) is 5.91 Å². The number of aliphatic hydroxyl groups is 1. The summed E-state index contributed by atoms with van der Waals surface area (Å²) in [5.74, 6) is 0.615. The van der Waals surface area contributed by atoms with Gasteiger partial charge < -0.3 is 15.2 Å². The van der Waals surface area contributed by atoms with Gasteiger partial charge in [-0.3, -0.25) is 4.79 Å². The van der Waals surface area contributed by atoms with Gasteiger partial charge in [-0.25, -0.2) is 0 Å². The molecule has 4 nitrogen and oxygen atoms in total. The van der Waals surface area contributed by atoms with Crippen molar-refractivity contribution in [2.45, 2.75) is 26.4 Å². The minimum Gasteiger partial charge on any atom is -0.491 e. The molecule has 0 radical (unpaired) electrons. The maximum Gasteiger partial charge on any atom is 0.224 e. The lowest BCUT2D eigenvalue weighted by Gasteiger charge is -2.14. The maximum absolute atomic E-state index is 11.9. The van der Waals surface area contributed by atoms with Crippen LogP contribution < -0.4 is 10.1 Å². The highest BCUT2D eigenvalue weighted by Gasteiger charge is 2.09. The molecule has 1 atom stereocenters. The molecule has 0 aromatic heterocycles. The standard InChI is InChI=1S/C19H23NO3/c1-14-6-5-9-18(10-14)23-13-17(21)12-20-19(22)11-16-8-4-3-7-15(16)2/h3-10,17,21H,11-13H2,1-2H3,(H,20,22)/t17-/m0/s1. The molecule has 0 unspecified atom stereocenters. The Morgan fingerprint density at radius 1 is 1.17 bits per heavy atom. The fraction of sp³-hybridized carbons (Fsp3) is 0.316. The molecule has 1 amide bonds. The largest absolute Gasteiger partial charge is 0.491 e. The number of amides is 1. The van der Waals surface area contributed by atoms with Crippen LogP contribution in [-0.4, -0.2) is 30.3 Å². The fourth-order valence-corrected chi connectivity index (χ4v) is 2.23. The zero-order chi connectivity index (χ0) is 16.7. The summed E-state index contributed by atoms with van der Waals surface area (Å²) in [7, 11) is 0. The van der Waals surface area contributed by atoms with Crippen molar-refractivity contribution in [2.24, 2.45) is 0 Å². The number of carbonyl (C=O) groups is 1. The van der Waals surface area contributed by atoms with E-state index in [0.717, 1.165) is 22.4 Å². The molecule has 0 aliphatic rings. The van der Waals surface area contributed by atoms with E-state index in [4.69, 9.17) is 4.74 Å². The van der Waals surface area contributed by atoms with Crippen LogP contribution >= 0.6 is 0 Å². The summed E-state index contributed by atoms with van der Waals surface area (Å²) in [5.41, 5.74) is 3.19. The molecule has 0 bridgehead atoms. The number of hydrogen-bond donors (Lipinski definition) is 2. The van der Waals surface area contributed by atoms with Crippen molar-refractivity contribution in [3.05, 3.63) is 65.2 Å². The van der Waals surface area contributed by atoms with Gasteiger partial charge in [0.1, 0.15) is 18.5 Å². The van der Waals surface area contributed by atoms with Crippen molar-refractivity contribution < 1.29 is 14.6 Å². The normalized spacial score (nSPS) is 11.8. The number of aliphatic hydroxyl groups excluding tert-OH is 1. The van der Waals surface area contributed by atoms with Crippen LogP contribution in [0.5, 0.6) is 5.75 Å². The minimum atomic E-state index is -0.740. The van der Waals surface area contributed by atoms with Crippen LogP contribution in [0, 0.1) is 13.8 Å². The molecule has 2 aromatic carbocycles. The molecule has 122 valence electrons. The van der Waals surface area contributed by atoms with Crippen LogP contribution in [0.15, 0.2) is 48.5 Å². The Kier molecular flexibility index (Phi) is 6.18. The Bertz CT molecular complexity index is 655. The Hall–Kier alpha value is -2.33. The molecular weight excluding hydrogens is 290 g/mol. The van der Waals surface area contributed by atoms with Crippen molar-refractivity contribution in [1.29, 1.82) is 0 Å². The topological polar surface area (TPSA) is 58.6 Å². The molecule has 0 saturated carbocycles. The monoisotopic (exact) mass is 313 g/mol. The van der Waals surface area contributed by atoms with Gasteiger partial charge in [0.05, 0.1) is 6.42 Å². The van der Waals surface area contributed by atoms with Crippen molar-refractivity contribution >= 4 is 5.91 Å². The van der Waals surface area contributed by atoms with Gasteiger partial charge in [-0.2, -0.15) is 0 Å².